The van der Waals surface area contributed by atoms with Crippen LogP contribution in [0, 0.1) is 6.92 Å². The largest absolute Gasteiger partial charge is 0.465 e. The monoisotopic (exact) mass is 381 g/mol. The second-order valence-electron chi connectivity index (χ2n) is 6.62. The molecule has 1 N–H and O–H groups in total. The van der Waals surface area contributed by atoms with Crippen molar-refractivity contribution in [2.45, 2.75) is 33.0 Å². The quantitative estimate of drug-likeness (QED) is 0.469. The van der Waals surface area contributed by atoms with E-state index in [1.165, 1.54) is 10.4 Å². The molecule has 7 heteroatoms. The molecule has 140 valence electrons. The second-order valence-corrected chi connectivity index (χ2v) is 7.57. The van der Waals surface area contributed by atoms with Crippen molar-refractivity contribution in [3.8, 4) is 10.6 Å². The summed E-state index contributed by atoms with van der Waals surface area (Å²) in [7, 11) is 0. The molecule has 0 aliphatic rings. The third kappa shape index (κ3) is 4.56. The van der Waals surface area contributed by atoms with Crippen molar-refractivity contribution in [3.63, 3.8) is 0 Å². The number of aromatic amines is 1. The van der Waals surface area contributed by atoms with Gasteiger partial charge < -0.3 is 8.98 Å². The lowest BCUT2D eigenvalue weighted by molar-refractivity contribution is 0.227. The van der Waals surface area contributed by atoms with Crippen LogP contribution in [0.5, 0.6) is 0 Å². The van der Waals surface area contributed by atoms with E-state index in [2.05, 4.69) is 48.2 Å². The van der Waals surface area contributed by atoms with E-state index in [1.807, 2.05) is 37.9 Å². The predicted octanol–water partition coefficient (Wildman–Crippen LogP) is 4.33. The molecule has 0 fully saturated rings. The molecular formula is C20H23N5OS. The highest BCUT2D eigenvalue weighted by atomic mass is 32.1. The third-order valence-electron chi connectivity index (χ3n) is 4.50. The first-order valence-corrected chi connectivity index (χ1v) is 9.95. The van der Waals surface area contributed by atoms with Gasteiger partial charge in [0.1, 0.15) is 11.5 Å². The average molecular weight is 382 g/mol. The van der Waals surface area contributed by atoms with Gasteiger partial charge in [0.15, 0.2) is 0 Å². The van der Waals surface area contributed by atoms with E-state index in [0.29, 0.717) is 0 Å². The predicted molar refractivity (Wildman–Crippen MR) is 106 cm³/mol. The number of hydrogen-bond acceptors (Lipinski definition) is 5. The summed E-state index contributed by atoms with van der Waals surface area (Å²) < 4.78 is 7.92. The summed E-state index contributed by atoms with van der Waals surface area (Å²) in [5, 5.41) is 9.53. The smallest absolute Gasteiger partial charge is 0.118 e. The molecule has 27 heavy (non-hydrogen) atoms. The number of thiophene rings is 1. The van der Waals surface area contributed by atoms with E-state index in [1.54, 1.807) is 11.3 Å². The molecular weight excluding hydrogens is 358 g/mol. The number of H-pyrrole nitrogens is 1. The highest BCUT2D eigenvalue weighted by Crippen LogP contribution is 2.27. The van der Waals surface area contributed by atoms with Gasteiger partial charge >= 0.3 is 0 Å². The van der Waals surface area contributed by atoms with E-state index in [0.717, 1.165) is 49.8 Å². The molecule has 4 rings (SSSR count). The lowest BCUT2D eigenvalue weighted by Gasteiger charge is -2.21. The topological polar surface area (TPSA) is 62.9 Å². The van der Waals surface area contributed by atoms with Gasteiger partial charge in [-0.25, -0.2) is 4.98 Å². The number of nitrogens with one attached hydrogen (secondary N) is 1. The van der Waals surface area contributed by atoms with Crippen molar-refractivity contribution in [2.24, 2.45) is 0 Å². The minimum absolute atomic E-state index is 0.785. The van der Waals surface area contributed by atoms with Gasteiger partial charge in [-0.05, 0) is 36.9 Å². The second kappa shape index (κ2) is 8.37. The van der Waals surface area contributed by atoms with Gasteiger partial charge in [-0.2, -0.15) is 5.10 Å². The molecule has 0 amide bonds. The van der Waals surface area contributed by atoms with Crippen molar-refractivity contribution < 1.29 is 4.42 Å². The Morgan fingerprint density at radius 1 is 1.26 bits per heavy atom. The minimum atomic E-state index is 0.785. The normalized spacial score (nSPS) is 11.5. The van der Waals surface area contributed by atoms with Gasteiger partial charge in [-0.3, -0.25) is 10.00 Å². The molecule has 0 saturated heterocycles. The molecule has 0 spiro atoms. The standard InChI is InChI=1S/C20H23N5OS/c1-16-5-6-18(26-16)14-25(9-3-8-24-10-7-21-15-24)13-17-12-22-23-20(17)19-4-2-11-27-19/h2,4-7,10-12,15H,3,8-9,13-14H2,1H3,(H,22,23). The van der Waals surface area contributed by atoms with E-state index < -0.39 is 0 Å². The zero-order valence-corrected chi connectivity index (χ0v) is 16.2. The first-order chi connectivity index (χ1) is 13.3. The van der Waals surface area contributed by atoms with Crippen LogP contribution in [0.3, 0.4) is 0 Å². The van der Waals surface area contributed by atoms with E-state index in [9.17, 15) is 0 Å². The van der Waals surface area contributed by atoms with Crippen LogP contribution >= 0.6 is 11.3 Å². The van der Waals surface area contributed by atoms with Gasteiger partial charge in [0.2, 0.25) is 0 Å². The lowest BCUT2D eigenvalue weighted by atomic mass is 10.2. The number of rotatable bonds is 9. The summed E-state index contributed by atoms with van der Waals surface area (Å²) in [6.45, 7) is 5.52. The molecule has 0 radical (unpaired) electrons. The maximum atomic E-state index is 5.81. The van der Waals surface area contributed by atoms with E-state index >= 15 is 0 Å². The summed E-state index contributed by atoms with van der Waals surface area (Å²) >= 11 is 1.73. The van der Waals surface area contributed by atoms with Crippen LogP contribution in [-0.4, -0.2) is 31.2 Å². The Bertz CT molecular complexity index is 939. The van der Waals surface area contributed by atoms with Crippen molar-refractivity contribution >= 4 is 11.3 Å². The van der Waals surface area contributed by atoms with Gasteiger partial charge in [0, 0.05) is 37.6 Å². The Morgan fingerprint density at radius 2 is 2.22 bits per heavy atom. The highest BCUT2D eigenvalue weighted by molar-refractivity contribution is 7.13. The number of furan rings is 1. The lowest BCUT2D eigenvalue weighted by Crippen LogP contribution is -2.24. The molecule has 4 aromatic rings. The van der Waals surface area contributed by atoms with E-state index in [-0.39, 0.29) is 0 Å². The van der Waals surface area contributed by atoms with Crippen LogP contribution in [0.2, 0.25) is 0 Å². The summed E-state index contributed by atoms with van der Waals surface area (Å²) in [6, 6.07) is 8.28. The number of nitrogens with zero attached hydrogens (tertiary/aromatic N) is 4. The molecule has 6 nitrogen and oxygen atoms in total. The van der Waals surface area contributed by atoms with Crippen LogP contribution in [0.25, 0.3) is 10.6 Å². The summed E-state index contributed by atoms with van der Waals surface area (Å²) in [5.41, 5.74) is 2.32. The minimum Gasteiger partial charge on any atom is -0.465 e. The first-order valence-electron chi connectivity index (χ1n) is 9.07. The van der Waals surface area contributed by atoms with Gasteiger partial charge in [-0.15, -0.1) is 11.3 Å². The number of imidazole rings is 1. The summed E-state index contributed by atoms with van der Waals surface area (Å²) in [5.74, 6) is 1.95. The fourth-order valence-corrected chi connectivity index (χ4v) is 3.96. The van der Waals surface area contributed by atoms with Crippen LogP contribution in [-0.2, 0) is 19.6 Å². The van der Waals surface area contributed by atoms with Gasteiger partial charge in [0.25, 0.3) is 0 Å². The Labute approximate surface area is 162 Å². The Hall–Kier alpha value is -2.64. The van der Waals surface area contributed by atoms with Gasteiger partial charge in [-0.1, -0.05) is 6.07 Å². The van der Waals surface area contributed by atoms with Crippen LogP contribution in [0.15, 0.2) is 59.0 Å². The SMILES string of the molecule is Cc1ccc(CN(CCCn2ccnc2)Cc2cn[nH]c2-c2cccs2)o1. The van der Waals surface area contributed by atoms with Crippen molar-refractivity contribution in [2.75, 3.05) is 6.54 Å². The Kier molecular flexibility index (Phi) is 5.50. The maximum Gasteiger partial charge on any atom is 0.118 e. The number of aryl methyl sites for hydroxylation is 2. The maximum absolute atomic E-state index is 5.81. The highest BCUT2D eigenvalue weighted by Gasteiger charge is 2.15. The molecule has 0 bridgehead atoms. The Morgan fingerprint density at radius 3 is 2.96 bits per heavy atom. The number of hydrogen-bond donors (Lipinski definition) is 1. The van der Waals surface area contributed by atoms with Crippen molar-refractivity contribution in [1.82, 2.24) is 24.6 Å². The molecule has 4 aromatic heterocycles. The first kappa shape index (κ1) is 17.8. The molecule has 0 atom stereocenters. The summed E-state index contributed by atoms with van der Waals surface area (Å²) in [6.07, 6.45) is 8.67. The van der Waals surface area contributed by atoms with E-state index in [4.69, 9.17) is 4.42 Å². The molecule has 0 aliphatic heterocycles. The molecule has 0 saturated carbocycles. The Balaban J connectivity index is 1.46. The third-order valence-corrected chi connectivity index (χ3v) is 5.39. The fraction of sp³-hybridized carbons (Fsp3) is 0.300. The van der Waals surface area contributed by atoms with Gasteiger partial charge in [0.05, 0.1) is 29.6 Å². The summed E-state index contributed by atoms with van der Waals surface area (Å²) in [4.78, 5) is 7.75. The number of aromatic nitrogens is 4. The molecule has 0 aliphatic carbocycles. The molecule has 0 aromatic carbocycles. The molecule has 0 unspecified atom stereocenters. The molecule has 4 heterocycles. The van der Waals surface area contributed by atoms with Crippen LogP contribution in [0.1, 0.15) is 23.5 Å². The fourth-order valence-electron chi connectivity index (χ4n) is 3.21. The van der Waals surface area contributed by atoms with Crippen LogP contribution in [0.4, 0.5) is 0 Å². The van der Waals surface area contributed by atoms with Crippen LogP contribution < -0.4 is 0 Å². The van der Waals surface area contributed by atoms with Crippen molar-refractivity contribution in [1.29, 1.82) is 0 Å². The zero-order chi connectivity index (χ0) is 18.5. The van der Waals surface area contributed by atoms with Crippen molar-refractivity contribution in [3.05, 3.63) is 71.6 Å². The average Bonchev–Trinajstić information content (AvgIpc) is 3.43. The zero-order valence-electron chi connectivity index (χ0n) is 15.3.